The molecule has 4 atom stereocenters. The van der Waals surface area contributed by atoms with Gasteiger partial charge in [-0.25, -0.2) is 4.79 Å². The van der Waals surface area contributed by atoms with E-state index < -0.39 is 58.3 Å². The van der Waals surface area contributed by atoms with E-state index in [0.29, 0.717) is 0 Å². The van der Waals surface area contributed by atoms with Crippen LogP contribution in [0.2, 0.25) is 0 Å². The minimum Gasteiger partial charge on any atom is -0.443 e. The minimum absolute atomic E-state index is 0.191. The Morgan fingerprint density at radius 1 is 1.27 bits per heavy atom. The SMILES string of the molecule is [B-]P(=O)(OCC1C=CC(n2cc(C)c(=O)[nH]c2=O)O1)OP(=O)(O)C(F)(F)P(=O)(O)O. The van der Waals surface area contributed by atoms with Crippen molar-refractivity contribution in [1.82, 2.24) is 9.55 Å². The van der Waals surface area contributed by atoms with Crippen molar-refractivity contribution in [3.05, 3.63) is 44.8 Å². The van der Waals surface area contributed by atoms with Crippen molar-refractivity contribution in [2.75, 3.05) is 6.61 Å². The van der Waals surface area contributed by atoms with Crippen LogP contribution in [0.25, 0.3) is 0 Å². The molecule has 1 aliphatic rings. The van der Waals surface area contributed by atoms with Crippen LogP contribution < -0.4 is 11.2 Å². The fraction of sp³-hybridized carbons (Fsp3) is 0.455. The Hall–Kier alpha value is -1.21. The van der Waals surface area contributed by atoms with Gasteiger partial charge in [-0.05, 0) is 13.0 Å². The number of rotatable bonds is 8. The van der Waals surface area contributed by atoms with Crippen LogP contribution in [0.4, 0.5) is 8.78 Å². The van der Waals surface area contributed by atoms with Gasteiger partial charge in [0.25, 0.3) is 5.56 Å². The van der Waals surface area contributed by atoms with Gasteiger partial charge in [-0.3, -0.25) is 27.8 Å². The van der Waals surface area contributed by atoms with Crippen molar-refractivity contribution < 1.29 is 50.7 Å². The first kappa shape index (κ1) is 25.1. The summed E-state index contributed by atoms with van der Waals surface area (Å²) in [5.74, 6) is 0. The van der Waals surface area contributed by atoms with Crippen molar-refractivity contribution in [1.29, 1.82) is 0 Å². The summed E-state index contributed by atoms with van der Waals surface area (Å²) >= 11 is 0. The van der Waals surface area contributed by atoms with Gasteiger partial charge in [0.15, 0.2) is 6.23 Å². The molecule has 1 aliphatic heterocycles. The molecule has 167 valence electrons. The van der Waals surface area contributed by atoms with E-state index >= 15 is 0 Å². The molecule has 1 aromatic rings. The Kier molecular flexibility index (Phi) is 7.00. The first-order valence-corrected chi connectivity index (χ1v) is 12.4. The number of aromatic amines is 1. The van der Waals surface area contributed by atoms with E-state index in [1.54, 1.807) is 0 Å². The van der Waals surface area contributed by atoms with Crippen molar-refractivity contribution in [2.45, 2.75) is 24.7 Å². The molecule has 0 fully saturated rings. The smallest absolute Gasteiger partial charge is 0.443 e. The summed E-state index contributed by atoms with van der Waals surface area (Å²) in [6.45, 7) is 0.649. The standard InChI is InChI=1S/C11H14BF2N2O11P3/c1-6-4-16(10(18)15-9(6)17)8-3-2-7(26-8)5-25-30(12,24)27-29(22,23)11(13,14)28(19,20)21/h2-4,7-8H,5H2,1H3,(H,22,23)(H,15,17,18)(H2,19,20,21)/q-1. The topological polar surface area (TPSA) is 194 Å². The molecule has 1 aromatic heterocycles. The number of aromatic nitrogens is 2. The van der Waals surface area contributed by atoms with E-state index in [9.17, 15) is 32.1 Å². The molecule has 0 aliphatic carbocycles. The molecular formula is C11H14BF2N2O11P3-. The maximum absolute atomic E-state index is 13.4. The third kappa shape index (κ3) is 5.34. The quantitative estimate of drug-likeness (QED) is 0.225. The number of ether oxygens (including phenoxy) is 1. The largest absolute Gasteiger partial charge is 0.444 e. The Bertz CT molecular complexity index is 1110. The normalized spacial score (nSPS) is 23.8. The number of aryl methyl sites for hydroxylation is 1. The van der Waals surface area contributed by atoms with Gasteiger partial charge in [0.05, 0.1) is 14.1 Å². The Morgan fingerprint density at radius 3 is 2.43 bits per heavy atom. The number of hydrogen-bond acceptors (Lipinski definition) is 8. The highest BCUT2D eigenvalue weighted by Crippen LogP contribution is 2.77. The molecule has 13 nitrogen and oxygen atoms in total. The second-order valence-electron chi connectivity index (χ2n) is 5.92. The van der Waals surface area contributed by atoms with Gasteiger partial charge in [-0.1, -0.05) is 6.08 Å². The molecule has 30 heavy (non-hydrogen) atoms. The van der Waals surface area contributed by atoms with Gasteiger partial charge in [0, 0.05) is 11.8 Å². The van der Waals surface area contributed by atoms with Crippen molar-refractivity contribution in [3.8, 4) is 0 Å². The van der Waals surface area contributed by atoms with E-state index in [4.69, 9.17) is 27.0 Å². The summed E-state index contributed by atoms with van der Waals surface area (Å²) in [5, 5.41) is -5.59. The number of alkyl halides is 2. The van der Waals surface area contributed by atoms with Crippen LogP contribution in [-0.2, 0) is 27.3 Å². The van der Waals surface area contributed by atoms with Crippen LogP contribution in [0.3, 0.4) is 0 Å². The van der Waals surface area contributed by atoms with Gasteiger partial charge in [-0.2, -0.15) is 8.78 Å². The van der Waals surface area contributed by atoms with E-state index in [-0.39, 0.29) is 5.56 Å². The highest BCUT2D eigenvalue weighted by molar-refractivity contribution is 7.86. The summed E-state index contributed by atoms with van der Waals surface area (Å²) in [4.78, 5) is 51.3. The second-order valence-corrected chi connectivity index (χ2v) is 11.5. The van der Waals surface area contributed by atoms with Crippen LogP contribution in [0.1, 0.15) is 11.8 Å². The van der Waals surface area contributed by atoms with Crippen LogP contribution in [0, 0.1) is 6.92 Å². The van der Waals surface area contributed by atoms with Crippen LogP contribution >= 0.6 is 22.7 Å². The lowest BCUT2D eigenvalue weighted by Gasteiger charge is -2.32. The Labute approximate surface area is 167 Å². The third-order valence-corrected chi connectivity index (χ3v) is 8.78. The van der Waals surface area contributed by atoms with E-state index in [1.807, 2.05) is 4.98 Å². The molecule has 0 amide bonds. The molecule has 2 heterocycles. The monoisotopic (exact) mass is 492 g/mol. The molecule has 0 saturated heterocycles. The summed E-state index contributed by atoms with van der Waals surface area (Å²) < 4.78 is 75.3. The highest BCUT2D eigenvalue weighted by Gasteiger charge is 2.65. The lowest BCUT2D eigenvalue weighted by molar-refractivity contribution is -0.00646. The molecule has 2 rings (SSSR count). The molecule has 4 unspecified atom stereocenters. The van der Waals surface area contributed by atoms with Gasteiger partial charge in [0.1, 0.15) is 6.10 Å². The maximum Gasteiger partial charge on any atom is 0.444 e. The van der Waals surface area contributed by atoms with Crippen molar-refractivity contribution in [2.24, 2.45) is 0 Å². The summed E-state index contributed by atoms with van der Waals surface area (Å²) in [5.41, 5.74) is -1.23. The molecule has 19 heteroatoms. The first-order valence-electron chi connectivity index (χ1n) is 7.63. The van der Waals surface area contributed by atoms with Crippen LogP contribution in [0.5, 0.6) is 0 Å². The lowest BCUT2D eigenvalue weighted by Crippen LogP contribution is -2.33. The van der Waals surface area contributed by atoms with E-state index in [0.717, 1.165) is 4.57 Å². The van der Waals surface area contributed by atoms with Gasteiger partial charge >= 0.3 is 26.3 Å². The zero-order valence-corrected chi connectivity index (χ0v) is 17.5. The van der Waals surface area contributed by atoms with E-state index in [1.165, 1.54) is 25.3 Å². The number of H-pyrrole nitrogens is 1. The Morgan fingerprint density at radius 2 is 1.87 bits per heavy atom. The average Bonchev–Trinajstić information content (AvgIpc) is 3.03. The average molecular weight is 492 g/mol. The number of hydrogen-bond donors (Lipinski definition) is 4. The molecule has 3 radical (unpaired) electrons. The Balaban J connectivity index is 2.04. The molecule has 0 bridgehead atoms. The molecule has 0 aromatic carbocycles. The first-order chi connectivity index (χ1) is 13.5. The lowest BCUT2D eigenvalue weighted by atomic mass is 10.3. The molecular weight excluding hydrogens is 478 g/mol. The van der Waals surface area contributed by atoms with Crippen molar-refractivity contribution >= 4 is 30.2 Å². The third-order valence-electron chi connectivity index (χ3n) is 3.56. The van der Waals surface area contributed by atoms with Gasteiger partial charge < -0.3 is 36.1 Å². The number of halogens is 2. The number of nitrogens with zero attached hydrogens (tertiary/aromatic N) is 1. The zero-order valence-electron chi connectivity index (χ0n) is 14.8. The maximum atomic E-state index is 13.4. The van der Waals surface area contributed by atoms with Gasteiger partial charge in [0.2, 0.25) is 0 Å². The second kappa shape index (κ2) is 8.38. The predicted octanol–water partition coefficient (Wildman–Crippen LogP) is 0.522. The molecule has 0 saturated carbocycles. The summed E-state index contributed by atoms with van der Waals surface area (Å²) in [7, 11) is -13.3. The molecule has 4 N–H and O–H groups in total. The van der Waals surface area contributed by atoms with Gasteiger partial charge in [-0.15, -0.1) is 0 Å². The predicted molar refractivity (Wildman–Crippen MR) is 96.3 cm³/mol. The molecule has 0 spiro atoms. The van der Waals surface area contributed by atoms with Crippen molar-refractivity contribution in [3.63, 3.8) is 0 Å². The zero-order chi connectivity index (χ0) is 23.1. The summed E-state index contributed by atoms with van der Waals surface area (Å²) in [6, 6.07) is 0. The van der Waals surface area contributed by atoms with Crippen LogP contribution in [0.15, 0.2) is 27.9 Å². The van der Waals surface area contributed by atoms with E-state index in [2.05, 4.69) is 8.83 Å². The highest BCUT2D eigenvalue weighted by atomic mass is 31.3. The summed E-state index contributed by atoms with van der Waals surface area (Å²) in [6.07, 6.45) is 1.68. The number of nitrogens with one attached hydrogen (secondary N) is 1. The fourth-order valence-electron chi connectivity index (χ4n) is 2.09. The fourth-order valence-corrected chi connectivity index (χ4v) is 5.90. The minimum atomic E-state index is -6.52. The van der Waals surface area contributed by atoms with Crippen LogP contribution in [-0.4, -0.2) is 49.9 Å².